The van der Waals surface area contributed by atoms with Crippen molar-refractivity contribution in [3.63, 3.8) is 0 Å². The van der Waals surface area contributed by atoms with E-state index in [2.05, 4.69) is 37.5 Å². The Morgan fingerprint density at radius 2 is 1.82 bits per heavy atom. The van der Waals surface area contributed by atoms with Gasteiger partial charge in [0.2, 0.25) is 10.0 Å². The molecule has 0 saturated carbocycles. The first kappa shape index (κ1) is 21.0. The van der Waals surface area contributed by atoms with Crippen LogP contribution in [0.15, 0.2) is 45.1 Å². The number of carbonyl (C=O) groups excluding carboxylic acids is 1. The number of piperazine rings is 1. The highest BCUT2D eigenvalue weighted by Gasteiger charge is 2.23. The van der Waals surface area contributed by atoms with Crippen molar-refractivity contribution in [3.05, 3.63) is 50.6 Å². The summed E-state index contributed by atoms with van der Waals surface area (Å²) in [7, 11) is -3.65. The Morgan fingerprint density at radius 3 is 2.39 bits per heavy atom. The van der Waals surface area contributed by atoms with Crippen molar-refractivity contribution < 1.29 is 13.2 Å². The van der Waals surface area contributed by atoms with Gasteiger partial charge in [0, 0.05) is 43.2 Å². The van der Waals surface area contributed by atoms with Gasteiger partial charge in [0.15, 0.2) is 0 Å². The molecule has 1 amide bonds. The predicted octanol–water partition coefficient (Wildman–Crippen LogP) is 2.38. The fraction of sp³-hybridized carbons (Fsp3) is 0.316. The molecule has 0 unspecified atom stereocenters. The molecule has 1 saturated heterocycles. The quantitative estimate of drug-likeness (QED) is 0.643. The van der Waals surface area contributed by atoms with E-state index in [1.165, 1.54) is 17.0 Å². The lowest BCUT2D eigenvalue weighted by atomic mass is 10.2. The maximum atomic E-state index is 12.7. The van der Waals surface area contributed by atoms with Crippen LogP contribution in [0.1, 0.15) is 15.2 Å². The van der Waals surface area contributed by atoms with Crippen molar-refractivity contribution in [3.8, 4) is 12.3 Å². The van der Waals surface area contributed by atoms with Gasteiger partial charge in [-0.1, -0.05) is 5.92 Å². The Morgan fingerprint density at radius 1 is 1.14 bits per heavy atom. The van der Waals surface area contributed by atoms with Crippen LogP contribution in [0.3, 0.4) is 0 Å². The molecule has 9 heteroatoms. The summed E-state index contributed by atoms with van der Waals surface area (Å²) in [5.41, 5.74) is 0.478. The number of nitrogens with zero attached hydrogens (tertiary/aromatic N) is 2. The summed E-state index contributed by atoms with van der Waals surface area (Å²) in [6.07, 6.45) is 5.08. The average molecular weight is 482 g/mol. The van der Waals surface area contributed by atoms with Crippen molar-refractivity contribution in [2.75, 3.05) is 32.7 Å². The SMILES string of the molecule is C#CCNS(=O)(=O)c1ccc(C(=O)N2CCN(Cc3ccc(Br)s3)CC2)cc1. The normalized spacial score (nSPS) is 15.4. The first-order valence-electron chi connectivity index (χ1n) is 8.68. The number of hydrogen-bond acceptors (Lipinski definition) is 5. The van der Waals surface area contributed by atoms with Gasteiger partial charge >= 0.3 is 0 Å². The van der Waals surface area contributed by atoms with Gasteiger partial charge in [0.05, 0.1) is 15.2 Å². The number of terminal acetylenes is 1. The van der Waals surface area contributed by atoms with E-state index in [-0.39, 0.29) is 17.3 Å². The third-order valence-corrected chi connectivity index (χ3v) is 7.47. The van der Waals surface area contributed by atoms with E-state index in [0.29, 0.717) is 18.7 Å². The van der Waals surface area contributed by atoms with Crippen LogP contribution < -0.4 is 4.72 Å². The largest absolute Gasteiger partial charge is 0.336 e. The molecule has 1 aliphatic rings. The van der Waals surface area contributed by atoms with Crippen LogP contribution in [-0.4, -0.2) is 56.8 Å². The Bertz CT molecular complexity index is 973. The molecule has 1 fully saturated rings. The topological polar surface area (TPSA) is 69.7 Å². The summed E-state index contributed by atoms with van der Waals surface area (Å²) in [6.45, 7) is 3.73. The first-order chi connectivity index (χ1) is 13.4. The van der Waals surface area contributed by atoms with Crippen LogP contribution >= 0.6 is 27.3 Å². The van der Waals surface area contributed by atoms with Crippen molar-refractivity contribution in [2.24, 2.45) is 0 Å². The van der Waals surface area contributed by atoms with Crippen molar-refractivity contribution in [2.45, 2.75) is 11.4 Å². The molecule has 0 radical (unpaired) electrons. The maximum Gasteiger partial charge on any atom is 0.253 e. The lowest BCUT2D eigenvalue weighted by Gasteiger charge is -2.34. The molecule has 148 valence electrons. The van der Waals surface area contributed by atoms with Gasteiger partial charge in [0.25, 0.3) is 5.91 Å². The zero-order valence-corrected chi connectivity index (χ0v) is 18.3. The van der Waals surface area contributed by atoms with Crippen molar-refractivity contribution in [1.29, 1.82) is 0 Å². The number of thiophene rings is 1. The molecular formula is C19H20BrN3O3S2. The molecule has 0 aliphatic carbocycles. The summed E-state index contributed by atoms with van der Waals surface area (Å²) in [5.74, 6) is 2.15. The molecule has 3 rings (SSSR count). The lowest BCUT2D eigenvalue weighted by molar-refractivity contribution is 0.0629. The number of carbonyl (C=O) groups is 1. The van der Waals surface area contributed by atoms with Gasteiger partial charge in [-0.15, -0.1) is 17.8 Å². The molecule has 0 atom stereocenters. The number of amides is 1. The van der Waals surface area contributed by atoms with E-state index in [1.807, 2.05) is 6.07 Å². The zero-order valence-electron chi connectivity index (χ0n) is 15.1. The molecule has 1 N–H and O–H groups in total. The fourth-order valence-corrected chi connectivity index (χ4v) is 5.41. The molecule has 1 aliphatic heterocycles. The summed E-state index contributed by atoms with van der Waals surface area (Å²) >= 11 is 5.20. The van der Waals surface area contributed by atoms with E-state index < -0.39 is 10.0 Å². The molecule has 0 spiro atoms. The van der Waals surface area contributed by atoms with Gasteiger partial charge < -0.3 is 4.90 Å². The Kier molecular flexibility index (Phi) is 6.91. The van der Waals surface area contributed by atoms with Gasteiger partial charge in [-0.3, -0.25) is 9.69 Å². The molecule has 1 aromatic carbocycles. The van der Waals surface area contributed by atoms with Gasteiger partial charge in [-0.2, -0.15) is 4.72 Å². The smallest absolute Gasteiger partial charge is 0.253 e. The molecule has 2 aromatic rings. The lowest BCUT2D eigenvalue weighted by Crippen LogP contribution is -2.48. The van der Waals surface area contributed by atoms with Crippen LogP contribution in [0, 0.1) is 12.3 Å². The summed E-state index contributed by atoms with van der Waals surface area (Å²) < 4.78 is 27.5. The van der Waals surface area contributed by atoms with Crippen LogP contribution in [0.5, 0.6) is 0 Å². The summed E-state index contributed by atoms with van der Waals surface area (Å²) in [4.78, 5) is 18.2. The third-order valence-electron chi connectivity index (χ3n) is 4.44. The van der Waals surface area contributed by atoms with Crippen LogP contribution in [0.25, 0.3) is 0 Å². The first-order valence-corrected chi connectivity index (χ1v) is 11.8. The maximum absolute atomic E-state index is 12.7. The fourth-order valence-electron chi connectivity index (χ4n) is 2.95. The molecule has 2 heterocycles. The monoisotopic (exact) mass is 481 g/mol. The Balaban J connectivity index is 1.57. The summed E-state index contributed by atoms with van der Waals surface area (Å²) in [6, 6.07) is 10.1. The average Bonchev–Trinajstić information content (AvgIpc) is 3.11. The highest BCUT2D eigenvalue weighted by molar-refractivity contribution is 9.11. The van der Waals surface area contributed by atoms with Gasteiger partial charge in [-0.05, 0) is 52.3 Å². The standard InChI is InChI=1S/C19H20BrN3O3S2/c1-2-9-21-28(25,26)17-6-3-15(4-7-17)19(24)23-12-10-22(11-13-23)14-16-5-8-18(20)27-16/h1,3-8,21H,9-14H2. The van der Waals surface area contributed by atoms with Crippen LogP contribution in [0.2, 0.25) is 0 Å². The molecular weight excluding hydrogens is 462 g/mol. The van der Waals surface area contributed by atoms with E-state index in [0.717, 1.165) is 23.4 Å². The zero-order chi connectivity index (χ0) is 20.1. The minimum Gasteiger partial charge on any atom is -0.336 e. The number of rotatable bonds is 6. The van der Waals surface area contributed by atoms with E-state index in [1.54, 1.807) is 28.4 Å². The van der Waals surface area contributed by atoms with Crippen molar-refractivity contribution >= 4 is 43.2 Å². The highest BCUT2D eigenvalue weighted by Crippen LogP contribution is 2.24. The minimum absolute atomic E-state index is 0.0737. The Labute approximate surface area is 177 Å². The van der Waals surface area contributed by atoms with Crippen LogP contribution in [-0.2, 0) is 16.6 Å². The van der Waals surface area contributed by atoms with Crippen LogP contribution in [0.4, 0.5) is 0 Å². The second-order valence-electron chi connectivity index (χ2n) is 6.33. The summed E-state index contributed by atoms with van der Waals surface area (Å²) in [5, 5.41) is 0. The third kappa shape index (κ3) is 5.21. The van der Waals surface area contributed by atoms with E-state index in [9.17, 15) is 13.2 Å². The number of hydrogen-bond donors (Lipinski definition) is 1. The second kappa shape index (κ2) is 9.20. The highest BCUT2D eigenvalue weighted by atomic mass is 79.9. The molecule has 0 bridgehead atoms. The van der Waals surface area contributed by atoms with Gasteiger partial charge in [-0.25, -0.2) is 8.42 Å². The van der Waals surface area contributed by atoms with E-state index >= 15 is 0 Å². The molecule has 1 aromatic heterocycles. The minimum atomic E-state index is -3.65. The number of halogens is 1. The molecule has 28 heavy (non-hydrogen) atoms. The molecule has 6 nitrogen and oxygen atoms in total. The van der Waals surface area contributed by atoms with Gasteiger partial charge in [0.1, 0.15) is 0 Å². The van der Waals surface area contributed by atoms with E-state index in [4.69, 9.17) is 6.42 Å². The number of sulfonamides is 1. The van der Waals surface area contributed by atoms with Crippen molar-refractivity contribution in [1.82, 2.24) is 14.5 Å². The number of benzene rings is 1. The predicted molar refractivity (Wildman–Crippen MR) is 114 cm³/mol. The second-order valence-corrected chi connectivity index (χ2v) is 10.6. The Hall–Kier alpha value is -1.70. The number of nitrogens with one attached hydrogen (secondary N) is 1.